The Labute approximate surface area is 173 Å². The zero-order valence-corrected chi connectivity index (χ0v) is 17.7. The van der Waals surface area contributed by atoms with Crippen LogP contribution in [0, 0.1) is 5.92 Å². The number of aromatic nitrogens is 1. The van der Waals surface area contributed by atoms with Crippen molar-refractivity contribution >= 4 is 28.4 Å². The van der Waals surface area contributed by atoms with E-state index in [9.17, 15) is 4.79 Å². The van der Waals surface area contributed by atoms with Crippen LogP contribution in [0.4, 0.5) is 0 Å². The lowest BCUT2D eigenvalue weighted by Crippen LogP contribution is -2.48. The number of aromatic amines is 1. The van der Waals surface area contributed by atoms with Crippen LogP contribution in [0.25, 0.3) is 10.9 Å². The van der Waals surface area contributed by atoms with Crippen molar-refractivity contribution in [2.24, 2.45) is 5.92 Å². The van der Waals surface area contributed by atoms with E-state index in [2.05, 4.69) is 34.0 Å². The first-order valence-electron chi connectivity index (χ1n) is 10.9. The highest BCUT2D eigenvalue weighted by atomic mass is 35.5. The highest BCUT2D eigenvalue weighted by Gasteiger charge is 2.31. The molecule has 0 bridgehead atoms. The molecule has 1 aromatic heterocycles. The molecule has 1 saturated carbocycles. The van der Waals surface area contributed by atoms with Crippen molar-refractivity contribution in [1.29, 1.82) is 0 Å². The lowest BCUT2D eigenvalue weighted by atomic mass is 9.75. The number of amides is 1. The summed E-state index contributed by atoms with van der Waals surface area (Å²) in [7, 11) is 0. The Morgan fingerprint density at radius 3 is 2.64 bits per heavy atom. The third kappa shape index (κ3) is 4.23. The van der Waals surface area contributed by atoms with E-state index in [4.69, 9.17) is 11.6 Å². The number of H-pyrrole nitrogens is 1. The molecule has 2 fully saturated rings. The summed E-state index contributed by atoms with van der Waals surface area (Å²) in [5.74, 6) is 1.19. The van der Waals surface area contributed by atoms with Crippen molar-refractivity contribution in [2.75, 3.05) is 32.7 Å². The number of nitrogens with zero attached hydrogens (tertiary/aromatic N) is 2. The van der Waals surface area contributed by atoms with Gasteiger partial charge in [0.25, 0.3) is 0 Å². The van der Waals surface area contributed by atoms with E-state index in [1.54, 1.807) is 0 Å². The highest BCUT2D eigenvalue weighted by molar-refractivity contribution is 6.31. The minimum absolute atomic E-state index is 0.282. The Kier molecular flexibility index (Phi) is 6.27. The van der Waals surface area contributed by atoms with Gasteiger partial charge < -0.3 is 14.8 Å². The summed E-state index contributed by atoms with van der Waals surface area (Å²) in [6.07, 6.45) is 9.11. The van der Waals surface area contributed by atoms with Crippen LogP contribution < -0.4 is 0 Å². The maximum absolute atomic E-state index is 13.2. The normalized spacial score (nSPS) is 20.6. The molecule has 2 aliphatic rings. The van der Waals surface area contributed by atoms with Crippen molar-refractivity contribution in [3.8, 4) is 0 Å². The molecule has 1 aliphatic carbocycles. The molecule has 152 valence electrons. The quantitative estimate of drug-likeness (QED) is 0.762. The SMILES string of the molecule is CCN1CCN(C(=O)CC(c2c[nH]c3ccc(Cl)cc23)C2CCCCC2)CC1. The largest absolute Gasteiger partial charge is 0.361 e. The zero-order valence-electron chi connectivity index (χ0n) is 16.9. The van der Waals surface area contributed by atoms with Gasteiger partial charge in [-0.2, -0.15) is 0 Å². The van der Waals surface area contributed by atoms with Gasteiger partial charge in [0.05, 0.1) is 0 Å². The monoisotopic (exact) mass is 401 g/mol. The van der Waals surface area contributed by atoms with Gasteiger partial charge in [-0.05, 0) is 55.0 Å². The second-order valence-corrected chi connectivity index (χ2v) is 8.89. The number of benzene rings is 1. The summed E-state index contributed by atoms with van der Waals surface area (Å²) < 4.78 is 0. The maximum atomic E-state index is 13.2. The second kappa shape index (κ2) is 8.87. The van der Waals surface area contributed by atoms with E-state index in [-0.39, 0.29) is 5.92 Å². The summed E-state index contributed by atoms with van der Waals surface area (Å²) >= 11 is 6.30. The lowest BCUT2D eigenvalue weighted by molar-refractivity contribution is -0.133. The van der Waals surface area contributed by atoms with Crippen molar-refractivity contribution in [2.45, 2.75) is 51.4 Å². The Hall–Kier alpha value is -1.52. The molecular formula is C23H32ClN3O. The summed E-state index contributed by atoms with van der Waals surface area (Å²) in [4.78, 5) is 21.1. The number of hydrogen-bond acceptors (Lipinski definition) is 2. The number of likely N-dealkylation sites (N-methyl/N-ethyl adjacent to an activating group) is 1. The van der Waals surface area contributed by atoms with Crippen molar-refractivity contribution in [1.82, 2.24) is 14.8 Å². The standard InChI is InChI=1S/C23H32ClN3O/c1-2-26-10-12-27(13-11-26)23(28)15-19(17-6-4-3-5-7-17)21-16-25-22-9-8-18(24)14-20(21)22/h8-9,14,16-17,19,25H,2-7,10-13,15H2,1H3. The molecule has 2 heterocycles. The number of carbonyl (C=O) groups excluding carboxylic acids is 1. The highest BCUT2D eigenvalue weighted by Crippen LogP contribution is 2.41. The molecule has 28 heavy (non-hydrogen) atoms. The Morgan fingerprint density at radius 2 is 1.93 bits per heavy atom. The van der Waals surface area contributed by atoms with Gasteiger partial charge in [0.2, 0.25) is 5.91 Å². The molecule has 2 aromatic rings. The van der Waals surface area contributed by atoms with E-state index < -0.39 is 0 Å². The first kappa shape index (κ1) is 19.8. The fourth-order valence-corrected chi connectivity index (χ4v) is 5.29. The number of fused-ring (bicyclic) bond motifs is 1. The van der Waals surface area contributed by atoms with E-state index in [0.717, 1.165) is 43.3 Å². The number of rotatable bonds is 5. The van der Waals surface area contributed by atoms with E-state index in [1.807, 2.05) is 12.1 Å². The van der Waals surface area contributed by atoms with Crippen LogP contribution in [-0.2, 0) is 4.79 Å². The van der Waals surface area contributed by atoms with Crippen LogP contribution in [0.2, 0.25) is 5.02 Å². The molecule has 1 aromatic carbocycles. The minimum atomic E-state index is 0.282. The van der Waals surface area contributed by atoms with Gasteiger partial charge in [-0.25, -0.2) is 0 Å². The molecule has 1 aliphatic heterocycles. The predicted octanol–water partition coefficient (Wildman–Crippen LogP) is 5.04. The molecule has 4 nitrogen and oxygen atoms in total. The molecule has 5 heteroatoms. The van der Waals surface area contributed by atoms with Crippen molar-refractivity contribution < 1.29 is 4.79 Å². The van der Waals surface area contributed by atoms with Crippen LogP contribution in [0.15, 0.2) is 24.4 Å². The number of hydrogen-bond donors (Lipinski definition) is 1. The summed E-state index contributed by atoms with van der Waals surface area (Å²) in [5, 5.41) is 1.95. The molecule has 1 atom stereocenters. The Morgan fingerprint density at radius 1 is 1.18 bits per heavy atom. The third-order valence-corrected chi connectivity index (χ3v) is 7.10. The fraction of sp³-hybridized carbons (Fsp3) is 0.609. The Balaban J connectivity index is 1.57. The maximum Gasteiger partial charge on any atom is 0.223 e. The third-order valence-electron chi connectivity index (χ3n) is 6.86. The van der Waals surface area contributed by atoms with Crippen LogP contribution in [-0.4, -0.2) is 53.4 Å². The molecule has 1 amide bonds. The molecule has 4 rings (SSSR count). The van der Waals surface area contributed by atoms with Gasteiger partial charge in [0, 0.05) is 54.7 Å². The number of halogens is 1. The minimum Gasteiger partial charge on any atom is -0.361 e. The average molecular weight is 402 g/mol. The molecule has 1 N–H and O–H groups in total. The Bertz CT molecular complexity index is 803. The summed E-state index contributed by atoms with van der Waals surface area (Å²) in [5.41, 5.74) is 2.40. The zero-order chi connectivity index (χ0) is 19.5. The van der Waals surface area contributed by atoms with Gasteiger partial charge >= 0.3 is 0 Å². The number of carbonyl (C=O) groups is 1. The molecule has 0 radical (unpaired) electrons. The lowest BCUT2D eigenvalue weighted by Gasteiger charge is -2.36. The van der Waals surface area contributed by atoms with Crippen LogP contribution in [0.5, 0.6) is 0 Å². The van der Waals surface area contributed by atoms with E-state index in [1.165, 1.54) is 43.1 Å². The summed E-state index contributed by atoms with van der Waals surface area (Å²) in [6.45, 7) is 6.99. The van der Waals surface area contributed by atoms with Gasteiger partial charge in [0.1, 0.15) is 0 Å². The topological polar surface area (TPSA) is 39.3 Å². The summed E-state index contributed by atoms with van der Waals surface area (Å²) in [6, 6.07) is 6.03. The number of nitrogens with one attached hydrogen (secondary N) is 1. The van der Waals surface area contributed by atoms with Gasteiger partial charge in [-0.1, -0.05) is 37.8 Å². The van der Waals surface area contributed by atoms with E-state index in [0.29, 0.717) is 18.2 Å². The smallest absolute Gasteiger partial charge is 0.223 e. The van der Waals surface area contributed by atoms with Gasteiger partial charge in [-0.3, -0.25) is 4.79 Å². The number of piperazine rings is 1. The molecule has 1 saturated heterocycles. The van der Waals surface area contributed by atoms with Crippen LogP contribution >= 0.6 is 11.6 Å². The van der Waals surface area contributed by atoms with Crippen molar-refractivity contribution in [3.63, 3.8) is 0 Å². The molecular weight excluding hydrogens is 370 g/mol. The van der Waals surface area contributed by atoms with Gasteiger partial charge in [-0.15, -0.1) is 0 Å². The average Bonchev–Trinajstić information content (AvgIpc) is 3.15. The van der Waals surface area contributed by atoms with Crippen LogP contribution in [0.1, 0.15) is 56.9 Å². The van der Waals surface area contributed by atoms with Crippen LogP contribution in [0.3, 0.4) is 0 Å². The first-order valence-corrected chi connectivity index (χ1v) is 11.3. The fourth-order valence-electron chi connectivity index (χ4n) is 5.12. The molecule has 0 spiro atoms. The van der Waals surface area contributed by atoms with Crippen molar-refractivity contribution in [3.05, 3.63) is 35.0 Å². The van der Waals surface area contributed by atoms with E-state index >= 15 is 0 Å². The molecule has 1 unspecified atom stereocenters. The second-order valence-electron chi connectivity index (χ2n) is 8.46. The predicted molar refractivity (Wildman–Crippen MR) is 116 cm³/mol. The van der Waals surface area contributed by atoms with Gasteiger partial charge in [0.15, 0.2) is 0 Å². The first-order chi connectivity index (χ1) is 13.7.